The average molecular weight is 306 g/mol. The van der Waals surface area contributed by atoms with E-state index in [4.69, 9.17) is 0 Å². The molecule has 2 aromatic carbocycles. The summed E-state index contributed by atoms with van der Waals surface area (Å²) in [6.45, 7) is 0. The first-order valence-electron chi connectivity index (χ1n) is 5.94. The van der Waals surface area contributed by atoms with Crippen molar-refractivity contribution in [2.24, 2.45) is 0 Å². The van der Waals surface area contributed by atoms with E-state index in [9.17, 15) is 12.8 Å². The molecule has 20 heavy (non-hydrogen) atoms. The van der Waals surface area contributed by atoms with Gasteiger partial charge in [0, 0.05) is 16.3 Å². The minimum atomic E-state index is -3.44. The molecule has 0 atom stereocenters. The highest BCUT2D eigenvalue weighted by molar-refractivity contribution is 7.91. The van der Waals surface area contributed by atoms with Gasteiger partial charge >= 0.3 is 0 Å². The molecular weight excluding hydrogens is 295 g/mol. The number of hydrogen-bond acceptors (Lipinski definition) is 3. The Morgan fingerprint density at radius 1 is 1.05 bits per heavy atom. The number of thiophene rings is 1. The van der Waals surface area contributed by atoms with Gasteiger partial charge in [0.25, 0.3) is 0 Å². The molecule has 0 fully saturated rings. The zero-order valence-electron chi connectivity index (χ0n) is 10.6. The third-order valence-corrected chi connectivity index (χ3v) is 5.53. The van der Waals surface area contributed by atoms with Gasteiger partial charge in [0.2, 0.25) is 0 Å². The van der Waals surface area contributed by atoms with Gasteiger partial charge in [-0.05, 0) is 23.8 Å². The summed E-state index contributed by atoms with van der Waals surface area (Å²) in [6.07, 6.45) is 1.16. The van der Waals surface area contributed by atoms with E-state index in [2.05, 4.69) is 0 Å². The van der Waals surface area contributed by atoms with E-state index in [0.29, 0.717) is 10.3 Å². The number of rotatable bonds is 2. The van der Waals surface area contributed by atoms with E-state index >= 15 is 0 Å². The van der Waals surface area contributed by atoms with Crippen molar-refractivity contribution in [2.45, 2.75) is 4.90 Å². The van der Waals surface area contributed by atoms with E-state index in [1.54, 1.807) is 6.07 Å². The van der Waals surface area contributed by atoms with Crippen molar-refractivity contribution in [3.05, 3.63) is 54.3 Å². The maximum absolute atomic E-state index is 13.4. The quantitative estimate of drug-likeness (QED) is 0.714. The number of sulfone groups is 1. The summed E-state index contributed by atoms with van der Waals surface area (Å²) < 4.78 is 38.4. The lowest BCUT2D eigenvalue weighted by Crippen LogP contribution is -1.97. The molecular formula is C15H11FO2S2. The molecule has 3 aromatic rings. The zero-order valence-corrected chi connectivity index (χ0v) is 12.3. The highest BCUT2D eigenvalue weighted by Crippen LogP contribution is 2.41. The normalized spacial score (nSPS) is 11.9. The highest BCUT2D eigenvalue weighted by Gasteiger charge is 2.22. The molecule has 3 rings (SSSR count). The minimum absolute atomic E-state index is 0.211. The van der Waals surface area contributed by atoms with Crippen molar-refractivity contribution in [3.63, 3.8) is 0 Å². The van der Waals surface area contributed by atoms with Gasteiger partial charge in [-0.2, -0.15) is 0 Å². The van der Waals surface area contributed by atoms with Crippen LogP contribution < -0.4 is 0 Å². The number of benzene rings is 2. The predicted molar refractivity (Wildman–Crippen MR) is 80.3 cm³/mol. The minimum Gasteiger partial charge on any atom is -0.224 e. The zero-order chi connectivity index (χ0) is 14.3. The van der Waals surface area contributed by atoms with Crippen molar-refractivity contribution in [2.75, 3.05) is 6.26 Å². The molecule has 0 bridgehead atoms. The Kier molecular flexibility index (Phi) is 3.11. The summed E-state index contributed by atoms with van der Waals surface area (Å²) in [6, 6.07) is 13.5. The van der Waals surface area contributed by atoms with E-state index in [1.165, 1.54) is 23.5 Å². The van der Waals surface area contributed by atoms with Gasteiger partial charge in [0.1, 0.15) is 5.82 Å². The van der Waals surface area contributed by atoms with Gasteiger partial charge in [0.05, 0.1) is 9.77 Å². The summed E-state index contributed by atoms with van der Waals surface area (Å²) in [5.74, 6) is -0.431. The maximum atomic E-state index is 13.4. The molecule has 0 saturated heterocycles. The van der Waals surface area contributed by atoms with Crippen LogP contribution in [0, 0.1) is 5.82 Å². The molecule has 102 valence electrons. The Balaban J connectivity index is 2.44. The summed E-state index contributed by atoms with van der Waals surface area (Å²) in [7, 11) is -3.44. The summed E-state index contributed by atoms with van der Waals surface area (Å²) >= 11 is 1.37. The smallest absolute Gasteiger partial charge is 0.177 e. The second-order valence-electron chi connectivity index (χ2n) is 4.54. The monoisotopic (exact) mass is 306 g/mol. The lowest BCUT2D eigenvalue weighted by Gasteiger charge is -2.02. The number of halogens is 1. The lowest BCUT2D eigenvalue weighted by molar-refractivity contribution is 0.603. The fourth-order valence-electron chi connectivity index (χ4n) is 2.19. The lowest BCUT2D eigenvalue weighted by atomic mass is 10.1. The standard InChI is InChI=1S/C15H11FO2S2/c1-20(17,18)15-12-9-11(16)7-8-13(12)19-14(15)10-5-3-2-4-6-10/h2-9H,1H3. The Morgan fingerprint density at radius 3 is 2.40 bits per heavy atom. The molecule has 0 radical (unpaired) electrons. The van der Waals surface area contributed by atoms with Crippen LogP contribution >= 0.6 is 11.3 Å². The molecule has 0 aliphatic carbocycles. The Hall–Kier alpha value is -1.72. The Morgan fingerprint density at radius 2 is 1.75 bits per heavy atom. The molecule has 0 N–H and O–H groups in total. The number of fused-ring (bicyclic) bond motifs is 1. The summed E-state index contributed by atoms with van der Waals surface area (Å²) in [5.41, 5.74) is 0.828. The first kappa shape index (κ1) is 13.3. The second-order valence-corrected chi connectivity index (χ2v) is 7.54. The van der Waals surface area contributed by atoms with E-state index in [-0.39, 0.29) is 4.90 Å². The molecule has 2 nitrogen and oxygen atoms in total. The molecule has 0 saturated carbocycles. The molecule has 5 heteroatoms. The van der Waals surface area contributed by atoms with Crippen LogP contribution in [-0.2, 0) is 9.84 Å². The third kappa shape index (κ3) is 2.23. The highest BCUT2D eigenvalue weighted by atomic mass is 32.2. The molecule has 0 unspecified atom stereocenters. The van der Waals surface area contributed by atoms with Gasteiger partial charge in [-0.3, -0.25) is 0 Å². The molecule has 1 aromatic heterocycles. The fourth-order valence-corrected chi connectivity index (χ4v) is 4.95. The van der Waals surface area contributed by atoms with Crippen molar-refractivity contribution < 1.29 is 12.8 Å². The first-order valence-corrected chi connectivity index (χ1v) is 8.65. The second kappa shape index (κ2) is 4.68. The van der Waals surface area contributed by atoms with Crippen molar-refractivity contribution in [3.8, 4) is 10.4 Å². The van der Waals surface area contributed by atoms with Crippen molar-refractivity contribution >= 4 is 31.3 Å². The molecule has 0 spiro atoms. The van der Waals surface area contributed by atoms with Crippen molar-refractivity contribution in [1.29, 1.82) is 0 Å². The third-order valence-electron chi connectivity index (χ3n) is 3.01. The van der Waals surface area contributed by atoms with Crippen LogP contribution in [0.25, 0.3) is 20.5 Å². The molecule has 1 heterocycles. The van der Waals surface area contributed by atoms with Gasteiger partial charge < -0.3 is 0 Å². The van der Waals surface area contributed by atoms with Gasteiger partial charge in [-0.15, -0.1) is 11.3 Å². The van der Waals surface area contributed by atoms with E-state index in [1.807, 2.05) is 30.3 Å². The molecule has 0 aliphatic heterocycles. The van der Waals surface area contributed by atoms with E-state index < -0.39 is 15.7 Å². The van der Waals surface area contributed by atoms with Gasteiger partial charge in [-0.1, -0.05) is 30.3 Å². The van der Waals surface area contributed by atoms with Crippen molar-refractivity contribution in [1.82, 2.24) is 0 Å². The Bertz CT molecular complexity index is 881. The largest absolute Gasteiger partial charge is 0.224 e. The van der Waals surface area contributed by atoms with Crippen LogP contribution in [-0.4, -0.2) is 14.7 Å². The SMILES string of the molecule is CS(=O)(=O)c1c(-c2ccccc2)sc2ccc(F)cc12. The van der Waals surface area contributed by atoms with Gasteiger partial charge in [0.15, 0.2) is 9.84 Å². The van der Waals surface area contributed by atoms with Crippen LogP contribution in [0.2, 0.25) is 0 Å². The van der Waals surface area contributed by atoms with Crippen LogP contribution in [0.4, 0.5) is 4.39 Å². The van der Waals surface area contributed by atoms with Crippen LogP contribution in [0.3, 0.4) is 0 Å². The predicted octanol–water partition coefficient (Wildman–Crippen LogP) is 4.11. The average Bonchev–Trinajstić information content (AvgIpc) is 2.78. The maximum Gasteiger partial charge on any atom is 0.177 e. The number of hydrogen-bond donors (Lipinski definition) is 0. The molecule has 0 amide bonds. The summed E-state index contributed by atoms with van der Waals surface area (Å²) in [5, 5.41) is 0.455. The first-order chi connectivity index (χ1) is 9.47. The van der Waals surface area contributed by atoms with Crippen LogP contribution in [0.5, 0.6) is 0 Å². The van der Waals surface area contributed by atoms with Crippen LogP contribution in [0.1, 0.15) is 0 Å². The van der Waals surface area contributed by atoms with E-state index in [0.717, 1.165) is 16.5 Å². The van der Waals surface area contributed by atoms with Gasteiger partial charge in [-0.25, -0.2) is 12.8 Å². The van der Waals surface area contributed by atoms with Crippen LogP contribution in [0.15, 0.2) is 53.4 Å². The summed E-state index contributed by atoms with van der Waals surface area (Å²) in [4.78, 5) is 0.872. The Labute approximate surface area is 120 Å². The fraction of sp³-hybridized carbons (Fsp3) is 0.0667. The topological polar surface area (TPSA) is 34.1 Å². The molecule has 0 aliphatic rings.